The van der Waals surface area contributed by atoms with Crippen molar-refractivity contribution in [1.29, 1.82) is 0 Å². The Bertz CT molecular complexity index is 667. The van der Waals surface area contributed by atoms with Gasteiger partial charge in [-0.15, -0.1) is 0 Å². The molecule has 5 nitrogen and oxygen atoms in total. The van der Waals surface area contributed by atoms with E-state index in [2.05, 4.69) is 19.9 Å². The lowest BCUT2D eigenvalue weighted by Gasteiger charge is -1.86. The summed E-state index contributed by atoms with van der Waals surface area (Å²) in [6, 6.07) is 1.83. The second kappa shape index (κ2) is 2.41. The van der Waals surface area contributed by atoms with Gasteiger partial charge in [0, 0.05) is 23.2 Å². The maximum Gasteiger partial charge on any atom is 0.272 e. The van der Waals surface area contributed by atoms with E-state index in [1.807, 2.05) is 6.07 Å². The molecule has 0 fully saturated rings. The average Bonchev–Trinajstić information content (AvgIpc) is 2.59. The quantitative estimate of drug-likeness (QED) is 0.545. The fraction of sp³-hybridized carbons (Fsp3) is 0. The lowest BCUT2D eigenvalue weighted by molar-refractivity contribution is 1.20. The van der Waals surface area contributed by atoms with Crippen molar-refractivity contribution in [3.63, 3.8) is 0 Å². The van der Waals surface area contributed by atoms with Gasteiger partial charge in [0.25, 0.3) is 5.56 Å². The van der Waals surface area contributed by atoms with Crippen LogP contribution in [0.5, 0.6) is 0 Å². The zero-order valence-electron chi connectivity index (χ0n) is 7.11. The van der Waals surface area contributed by atoms with Gasteiger partial charge in [0.1, 0.15) is 17.5 Å². The van der Waals surface area contributed by atoms with Gasteiger partial charge in [-0.2, -0.15) is 0 Å². The molecule has 0 unspecified atom stereocenters. The first-order valence-corrected chi connectivity index (χ1v) is 4.15. The second-order valence-corrected chi connectivity index (χ2v) is 3.01. The standard InChI is InChI=1S/C9H6N4O/c14-9-7-5(1-2-11-9)6-3-10-4-12-8(6)13-7/h1-4H,(H,11,14)(H,10,12,13). The van der Waals surface area contributed by atoms with Gasteiger partial charge >= 0.3 is 0 Å². The van der Waals surface area contributed by atoms with Gasteiger partial charge < -0.3 is 9.97 Å². The number of fused-ring (bicyclic) bond motifs is 3. The van der Waals surface area contributed by atoms with Gasteiger partial charge in [-0.25, -0.2) is 9.97 Å². The monoisotopic (exact) mass is 186 g/mol. The molecule has 0 aliphatic rings. The molecule has 0 amide bonds. The van der Waals surface area contributed by atoms with Gasteiger partial charge in [-0.05, 0) is 6.07 Å². The molecule has 0 aromatic carbocycles. The van der Waals surface area contributed by atoms with Crippen molar-refractivity contribution in [3.05, 3.63) is 35.1 Å². The highest BCUT2D eigenvalue weighted by molar-refractivity contribution is 6.04. The van der Waals surface area contributed by atoms with Crippen molar-refractivity contribution in [2.75, 3.05) is 0 Å². The minimum absolute atomic E-state index is 0.138. The van der Waals surface area contributed by atoms with E-state index in [0.29, 0.717) is 11.2 Å². The molecule has 0 saturated carbocycles. The SMILES string of the molecule is O=c1[nH]ccc2c1[nH]c1ncncc12. The van der Waals surface area contributed by atoms with Gasteiger partial charge in [-0.3, -0.25) is 4.79 Å². The molecule has 3 heterocycles. The Kier molecular flexibility index (Phi) is 1.25. The Labute approximate surface area is 77.8 Å². The molecular formula is C9H6N4O. The fourth-order valence-corrected chi connectivity index (χ4v) is 1.57. The van der Waals surface area contributed by atoms with Crippen LogP contribution in [0.1, 0.15) is 0 Å². The summed E-state index contributed by atoms with van der Waals surface area (Å²) in [6.45, 7) is 0. The molecule has 0 aliphatic carbocycles. The third kappa shape index (κ3) is 0.806. The summed E-state index contributed by atoms with van der Waals surface area (Å²) in [4.78, 5) is 24.9. The molecule has 68 valence electrons. The fourth-order valence-electron chi connectivity index (χ4n) is 1.57. The topological polar surface area (TPSA) is 74.4 Å². The Morgan fingerprint density at radius 2 is 2.21 bits per heavy atom. The number of aromatic amines is 2. The molecule has 3 aromatic heterocycles. The molecule has 0 atom stereocenters. The van der Waals surface area contributed by atoms with E-state index in [1.54, 1.807) is 12.4 Å². The summed E-state index contributed by atoms with van der Waals surface area (Å²) < 4.78 is 0. The maximum absolute atomic E-state index is 11.4. The van der Waals surface area contributed by atoms with Crippen molar-refractivity contribution >= 4 is 21.9 Å². The number of rotatable bonds is 0. The van der Waals surface area contributed by atoms with Crippen LogP contribution in [0.25, 0.3) is 21.9 Å². The molecule has 2 N–H and O–H groups in total. The van der Waals surface area contributed by atoms with Crippen LogP contribution in [0.4, 0.5) is 0 Å². The zero-order valence-corrected chi connectivity index (χ0v) is 7.11. The number of nitrogens with one attached hydrogen (secondary N) is 2. The number of hydrogen-bond donors (Lipinski definition) is 2. The van der Waals surface area contributed by atoms with Gasteiger partial charge in [-0.1, -0.05) is 0 Å². The lowest BCUT2D eigenvalue weighted by Crippen LogP contribution is -2.03. The first kappa shape index (κ1) is 7.25. The smallest absolute Gasteiger partial charge is 0.272 e. The van der Waals surface area contributed by atoms with Crippen LogP contribution in [0.3, 0.4) is 0 Å². The predicted octanol–water partition coefficient (Wildman–Crippen LogP) is 0.799. The Morgan fingerprint density at radius 1 is 1.29 bits per heavy atom. The Hall–Kier alpha value is -2.17. The first-order valence-electron chi connectivity index (χ1n) is 4.15. The van der Waals surface area contributed by atoms with E-state index in [4.69, 9.17) is 0 Å². The number of H-pyrrole nitrogens is 2. The van der Waals surface area contributed by atoms with E-state index in [1.165, 1.54) is 6.33 Å². The highest BCUT2D eigenvalue weighted by atomic mass is 16.1. The van der Waals surface area contributed by atoms with E-state index >= 15 is 0 Å². The van der Waals surface area contributed by atoms with Gasteiger partial charge in [0.05, 0.1) is 0 Å². The minimum atomic E-state index is -0.138. The molecule has 3 aromatic rings. The van der Waals surface area contributed by atoms with Crippen molar-refractivity contribution in [3.8, 4) is 0 Å². The van der Waals surface area contributed by atoms with Crippen LogP contribution in [-0.4, -0.2) is 19.9 Å². The van der Waals surface area contributed by atoms with E-state index in [-0.39, 0.29) is 5.56 Å². The first-order chi connectivity index (χ1) is 6.86. The van der Waals surface area contributed by atoms with Gasteiger partial charge in [0.2, 0.25) is 0 Å². The summed E-state index contributed by atoms with van der Waals surface area (Å²) in [5.74, 6) is 0. The van der Waals surface area contributed by atoms with Crippen molar-refractivity contribution in [2.45, 2.75) is 0 Å². The van der Waals surface area contributed by atoms with Crippen LogP contribution in [0.15, 0.2) is 29.6 Å². The van der Waals surface area contributed by atoms with Crippen molar-refractivity contribution in [2.24, 2.45) is 0 Å². The summed E-state index contributed by atoms with van der Waals surface area (Å²) in [5.41, 5.74) is 1.09. The molecule has 0 aliphatic heterocycles. The van der Waals surface area contributed by atoms with Crippen molar-refractivity contribution in [1.82, 2.24) is 19.9 Å². The molecule has 0 saturated heterocycles. The van der Waals surface area contributed by atoms with Crippen LogP contribution < -0.4 is 5.56 Å². The molecule has 0 bridgehead atoms. The number of nitrogens with zero attached hydrogens (tertiary/aromatic N) is 2. The molecule has 5 heteroatoms. The van der Waals surface area contributed by atoms with E-state index < -0.39 is 0 Å². The predicted molar refractivity (Wildman–Crippen MR) is 52.0 cm³/mol. The average molecular weight is 186 g/mol. The third-order valence-corrected chi connectivity index (χ3v) is 2.21. The summed E-state index contributed by atoms with van der Waals surface area (Å²) >= 11 is 0. The van der Waals surface area contributed by atoms with Crippen LogP contribution in [0, 0.1) is 0 Å². The lowest BCUT2D eigenvalue weighted by atomic mass is 10.2. The van der Waals surface area contributed by atoms with E-state index in [0.717, 1.165) is 10.8 Å². The minimum Gasteiger partial charge on any atom is -0.335 e. The van der Waals surface area contributed by atoms with Crippen LogP contribution >= 0.6 is 0 Å². The number of pyridine rings is 1. The summed E-state index contributed by atoms with van der Waals surface area (Å²) in [6.07, 6.45) is 4.76. The van der Waals surface area contributed by atoms with Crippen molar-refractivity contribution < 1.29 is 0 Å². The zero-order chi connectivity index (χ0) is 9.54. The Morgan fingerprint density at radius 3 is 3.14 bits per heavy atom. The largest absolute Gasteiger partial charge is 0.335 e. The van der Waals surface area contributed by atoms with E-state index in [9.17, 15) is 4.79 Å². The molecule has 3 rings (SSSR count). The van der Waals surface area contributed by atoms with Gasteiger partial charge in [0.15, 0.2) is 0 Å². The molecule has 14 heavy (non-hydrogen) atoms. The Balaban J connectivity index is 2.70. The highest BCUT2D eigenvalue weighted by Gasteiger charge is 2.06. The normalized spacial score (nSPS) is 11.1. The van der Waals surface area contributed by atoms with Crippen LogP contribution in [0.2, 0.25) is 0 Å². The summed E-state index contributed by atoms with van der Waals surface area (Å²) in [5, 5.41) is 1.72. The highest BCUT2D eigenvalue weighted by Crippen LogP contribution is 2.18. The molecular weight excluding hydrogens is 180 g/mol. The molecule has 0 spiro atoms. The third-order valence-electron chi connectivity index (χ3n) is 2.21. The maximum atomic E-state index is 11.4. The number of hydrogen-bond acceptors (Lipinski definition) is 3. The molecule has 0 radical (unpaired) electrons. The second-order valence-electron chi connectivity index (χ2n) is 3.01. The van der Waals surface area contributed by atoms with Crippen LogP contribution in [-0.2, 0) is 0 Å². The number of aromatic nitrogens is 4. The summed E-state index contributed by atoms with van der Waals surface area (Å²) in [7, 11) is 0.